The zero-order valence-corrected chi connectivity index (χ0v) is 11.8. The highest BCUT2D eigenvalue weighted by Gasteiger charge is 2.11. The molecule has 1 aromatic carbocycles. The van der Waals surface area contributed by atoms with E-state index in [-0.39, 0.29) is 0 Å². The molecule has 0 bridgehead atoms. The Morgan fingerprint density at radius 3 is 2.58 bits per heavy atom. The molecule has 0 radical (unpaired) electrons. The molecule has 0 unspecified atom stereocenters. The summed E-state index contributed by atoms with van der Waals surface area (Å²) in [5.74, 6) is 1.63. The van der Waals surface area contributed by atoms with Gasteiger partial charge >= 0.3 is 0 Å². The summed E-state index contributed by atoms with van der Waals surface area (Å²) >= 11 is 0. The van der Waals surface area contributed by atoms with E-state index in [4.69, 9.17) is 10.5 Å². The molecule has 0 aliphatic heterocycles. The van der Waals surface area contributed by atoms with E-state index in [1.54, 1.807) is 7.11 Å². The van der Waals surface area contributed by atoms with Gasteiger partial charge in [-0.05, 0) is 44.0 Å². The highest BCUT2D eigenvalue weighted by molar-refractivity contribution is 5.74. The van der Waals surface area contributed by atoms with Gasteiger partial charge in [0, 0.05) is 5.56 Å². The van der Waals surface area contributed by atoms with Crippen molar-refractivity contribution >= 4 is 5.69 Å². The summed E-state index contributed by atoms with van der Waals surface area (Å²) in [4.78, 5) is 8.73. The Morgan fingerprint density at radius 2 is 1.95 bits per heavy atom. The Bertz CT molecular complexity index is 609. The Labute approximate surface area is 113 Å². The summed E-state index contributed by atoms with van der Waals surface area (Å²) in [6.45, 7) is 5.87. The van der Waals surface area contributed by atoms with E-state index in [9.17, 15) is 0 Å². The van der Waals surface area contributed by atoms with Gasteiger partial charge < -0.3 is 10.5 Å². The lowest BCUT2D eigenvalue weighted by Gasteiger charge is -2.12. The molecule has 0 fully saturated rings. The standard InChI is InChI=1S/C15H19N3O/c1-5-11-8-12(6-7-13(11)19-4)15-14(16)9(2)17-10(3)18-15/h6-8H,5,16H2,1-4H3. The molecule has 0 atom stereocenters. The molecule has 1 heterocycles. The van der Waals surface area contributed by atoms with Crippen LogP contribution in [0.15, 0.2) is 18.2 Å². The summed E-state index contributed by atoms with van der Waals surface area (Å²) in [6, 6.07) is 6.02. The minimum Gasteiger partial charge on any atom is -0.496 e. The van der Waals surface area contributed by atoms with Crippen LogP contribution >= 0.6 is 0 Å². The van der Waals surface area contributed by atoms with Crippen LogP contribution < -0.4 is 10.5 Å². The number of hydrogen-bond donors (Lipinski definition) is 1. The Morgan fingerprint density at radius 1 is 1.21 bits per heavy atom. The number of anilines is 1. The molecule has 0 saturated carbocycles. The number of rotatable bonds is 3. The molecule has 0 saturated heterocycles. The summed E-state index contributed by atoms with van der Waals surface area (Å²) in [5, 5.41) is 0. The van der Waals surface area contributed by atoms with Crippen molar-refractivity contribution in [3.8, 4) is 17.0 Å². The third-order valence-corrected chi connectivity index (χ3v) is 3.18. The molecule has 4 nitrogen and oxygen atoms in total. The summed E-state index contributed by atoms with van der Waals surface area (Å²) in [7, 11) is 1.68. The van der Waals surface area contributed by atoms with Crippen molar-refractivity contribution < 1.29 is 4.74 Å². The molecular weight excluding hydrogens is 238 g/mol. The molecule has 19 heavy (non-hydrogen) atoms. The van der Waals surface area contributed by atoms with Crippen LogP contribution in [0.5, 0.6) is 5.75 Å². The number of hydrogen-bond acceptors (Lipinski definition) is 4. The van der Waals surface area contributed by atoms with Gasteiger partial charge in [-0.25, -0.2) is 9.97 Å². The second-order valence-electron chi connectivity index (χ2n) is 4.50. The number of nitrogens with zero attached hydrogens (tertiary/aromatic N) is 2. The summed E-state index contributed by atoms with van der Waals surface area (Å²) in [6.07, 6.45) is 0.903. The van der Waals surface area contributed by atoms with Gasteiger partial charge in [-0.2, -0.15) is 0 Å². The van der Waals surface area contributed by atoms with Gasteiger partial charge in [0.05, 0.1) is 24.2 Å². The third kappa shape index (κ3) is 2.52. The first-order chi connectivity index (χ1) is 9.06. The number of aromatic nitrogens is 2. The number of benzene rings is 1. The molecule has 0 aliphatic rings. The van der Waals surface area contributed by atoms with E-state index < -0.39 is 0 Å². The molecule has 2 N–H and O–H groups in total. The zero-order chi connectivity index (χ0) is 14.0. The highest BCUT2D eigenvalue weighted by Crippen LogP contribution is 2.30. The van der Waals surface area contributed by atoms with Crippen molar-refractivity contribution in [2.75, 3.05) is 12.8 Å². The zero-order valence-electron chi connectivity index (χ0n) is 11.8. The minimum atomic E-state index is 0.637. The summed E-state index contributed by atoms with van der Waals surface area (Å²) in [5.41, 5.74) is 10.5. The molecule has 2 aromatic rings. The van der Waals surface area contributed by atoms with Crippen molar-refractivity contribution in [3.63, 3.8) is 0 Å². The topological polar surface area (TPSA) is 61.0 Å². The molecule has 0 spiro atoms. The van der Waals surface area contributed by atoms with Crippen molar-refractivity contribution in [3.05, 3.63) is 35.3 Å². The number of aryl methyl sites for hydroxylation is 3. The maximum absolute atomic E-state index is 6.09. The second-order valence-corrected chi connectivity index (χ2v) is 4.50. The molecule has 2 rings (SSSR count). The van der Waals surface area contributed by atoms with Gasteiger partial charge in [0.1, 0.15) is 11.6 Å². The third-order valence-electron chi connectivity index (χ3n) is 3.18. The Hall–Kier alpha value is -2.10. The van der Waals surface area contributed by atoms with E-state index in [2.05, 4.69) is 23.0 Å². The van der Waals surface area contributed by atoms with Crippen LogP contribution in [0.1, 0.15) is 24.0 Å². The van der Waals surface area contributed by atoms with Gasteiger partial charge in [0.15, 0.2) is 0 Å². The van der Waals surface area contributed by atoms with Gasteiger partial charge in [-0.3, -0.25) is 0 Å². The van der Waals surface area contributed by atoms with E-state index in [0.717, 1.165) is 40.5 Å². The van der Waals surface area contributed by atoms with Crippen LogP contribution in [-0.4, -0.2) is 17.1 Å². The normalized spacial score (nSPS) is 10.5. The second kappa shape index (κ2) is 5.26. The molecule has 0 aliphatic carbocycles. The van der Waals surface area contributed by atoms with Crippen LogP contribution in [0.2, 0.25) is 0 Å². The van der Waals surface area contributed by atoms with Crippen LogP contribution in [0.3, 0.4) is 0 Å². The lowest BCUT2D eigenvalue weighted by molar-refractivity contribution is 0.410. The van der Waals surface area contributed by atoms with E-state index in [0.29, 0.717) is 5.69 Å². The van der Waals surface area contributed by atoms with Gasteiger partial charge in [0.2, 0.25) is 0 Å². The van der Waals surface area contributed by atoms with Gasteiger partial charge in [0.25, 0.3) is 0 Å². The van der Waals surface area contributed by atoms with Crippen molar-refractivity contribution in [1.29, 1.82) is 0 Å². The first-order valence-electron chi connectivity index (χ1n) is 6.34. The predicted octanol–water partition coefficient (Wildman–Crippen LogP) is 2.91. The number of ether oxygens (including phenoxy) is 1. The van der Waals surface area contributed by atoms with Crippen molar-refractivity contribution in [2.45, 2.75) is 27.2 Å². The van der Waals surface area contributed by atoms with Gasteiger partial charge in [-0.15, -0.1) is 0 Å². The smallest absolute Gasteiger partial charge is 0.126 e. The number of nitrogen functional groups attached to an aromatic ring is 1. The fraction of sp³-hybridized carbons (Fsp3) is 0.333. The first-order valence-corrected chi connectivity index (χ1v) is 6.34. The van der Waals surface area contributed by atoms with Gasteiger partial charge in [-0.1, -0.05) is 6.92 Å². The van der Waals surface area contributed by atoms with Crippen LogP contribution in [0.25, 0.3) is 11.3 Å². The largest absolute Gasteiger partial charge is 0.496 e. The Kier molecular flexibility index (Phi) is 3.69. The molecular formula is C15H19N3O. The highest BCUT2D eigenvalue weighted by atomic mass is 16.5. The average Bonchev–Trinajstić information content (AvgIpc) is 2.42. The maximum atomic E-state index is 6.09. The van der Waals surface area contributed by atoms with E-state index >= 15 is 0 Å². The summed E-state index contributed by atoms with van der Waals surface area (Å²) < 4.78 is 5.34. The molecule has 100 valence electrons. The van der Waals surface area contributed by atoms with E-state index in [1.807, 2.05) is 26.0 Å². The lowest BCUT2D eigenvalue weighted by Crippen LogP contribution is -2.02. The van der Waals surface area contributed by atoms with Crippen molar-refractivity contribution in [1.82, 2.24) is 9.97 Å². The van der Waals surface area contributed by atoms with Crippen LogP contribution in [-0.2, 0) is 6.42 Å². The predicted molar refractivity (Wildman–Crippen MR) is 77.3 cm³/mol. The lowest BCUT2D eigenvalue weighted by atomic mass is 10.0. The minimum absolute atomic E-state index is 0.637. The van der Waals surface area contributed by atoms with E-state index in [1.165, 1.54) is 0 Å². The first kappa shape index (κ1) is 13.3. The fourth-order valence-electron chi connectivity index (χ4n) is 2.14. The molecule has 1 aromatic heterocycles. The monoisotopic (exact) mass is 257 g/mol. The fourth-order valence-corrected chi connectivity index (χ4v) is 2.14. The SMILES string of the molecule is CCc1cc(-c2nc(C)nc(C)c2N)ccc1OC. The maximum Gasteiger partial charge on any atom is 0.126 e. The molecule has 4 heteroatoms. The number of nitrogens with two attached hydrogens (primary N) is 1. The Balaban J connectivity index is 2.59. The quantitative estimate of drug-likeness (QED) is 0.918. The van der Waals surface area contributed by atoms with Crippen LogP contribution in [0.4, 0.5) is 5.69 Å². The average molecular weight is 257 g/mol. The number of methoxy groups -OCH3 is 1. The van der Waals surface area contributed by atoms with Crippen LogP contribution in [0, 0.1) is 13.8 Å². The molecule has 0 amide bonds. The van der Waals surface area contributed by atoms with Crippen molar-refractivity contribution in [2.24, 2.45) is 0 Å².